The Hall–Kier alpha value is -2.65. The second-order valence-corrected chi connectivity index (χ2v) is 7.19. The Bertz CT molecular complexity index is 1020. The van der Waals surface area contributed by atoms with E-state index >= 15 is 0 Å². The third kappa shape index (κ3) is 3.78. The zero-order valence-electron chi connectivity index (χ0n) is 13.4. The zero-order valence-corrected chi connectivity index (χ0v) is 14.2. The van der Waals surface area contributed by atoms with Crippen molar-refractivity contribution in [2.45, 2.75) is 11.3 Å². The van der Waals surface area contributed by atoms with Crippen molar-refractivity contribution >= 4 is 10.0 Å². The predicted octanol–water partition coefficient (Wildman–Crippen LogP) is 2.81. The fraction of sp³-hybridized carbons (Fsp3) is 0.118. The Morgan fingerprint density at radius 1 is 1.00 bits per heavy atom. The van der Waals surface area contributed by atoms with Crippen LogP contribution in [-0.4, -0.2) is 24.7 Å². The molecule has 0 fully saturated rings. The van der Waals surface area contributed by atoms with Crippen LogP contribution in [0.4, 0.5) is 13.2 Å². The van der Waals surface area contributed by atoms with Gasteiger partial charge < -0.3 is 0 Å². The molecule has 2 aromatic carbocycles. The lowest BCUT2D eigenvalue weighted by Gasteiger charge is -2.08. The van der Waals surface area contributed by atoms with E-state index in [-0.39, 0.29) is 13.0 Å². The predicted molar refractivity (Wildman–Crippen MR) is 88.8 cm³/mol. The van der Waals surface area contributed by atoms with Gasteiger partial charge in [0.05, 0.1) is 11.9 Å². The maximum atomic E-state index is 13.7. The highest BCUT2D eigenvalue weighted by molar-refractivity contribution is 7.89. The first-order chi connectivity index (χ1) is 12.4. The summed E-state index contributed by atoms with van der Waals surface area (Å²) in [6.45, 7) is -0.0543. The molecular formula is C17H14F3N3O2S. The number of hydrogen-bond acceptors (Lipinski definition) is 3. The minimum Gasteiger partial charge on any atom is -0.241 e. The summed E-state index contributed by atoms with van der Waals surface area (Å²) in [7, 11) is -4.30. The third-order valence-corrected chi connectivity index (χ3v) is 5.13. The normalized spacial score (nSPS) is 11.7. The van der Waals surface area contributed by atoms with Crippen molar-refractivity contribution in [1.82, 2.24) is 14.5 Å². The average Bonchev–Trinajstić information content (AvgIpc) is 3.09. The second-order valence-electron chi connectivity index (χ2n) is 5.45. The number of rotatable bonds is 6. The van der Waals surface area contributed by atoms with Crippen LogP contribution in [0.3, 0.4) is 0 Å². The summed E-state index contributed by atoms with van der Waals surface area (Å²) >= 11 is 0. The van der Waals surface area contributed by atoms with E-state index in [1.807, 2.05) is 30.3 Å². The summed E-state index contributed by atoms with van der Waals surface area (Å²) in [6.07, 6.45) is 3.61. The topological polar surface area (TPSA) is 64.0 Å². The lowest BCUT2D eigenvalue weighted by atomic mass is 10.2. The molecule has 0 aliphatic carbocycles. The highest BCUT2D eigenvalue weighted by Gasteiger charge is 2.23. The van der Waals surface area contributed by atoms with Crippen LogP contribution in [0.15, 0.2) is 59.8 Å². The SMILES string of the molecule is O=S(=O)(NCCc1cnn(-c2ccccc2)c1)c1ccc(F)c(F)c1F. The molecule has 1 N–H and O–H groups in total. The molecule has 0 unspecified atom stereocenters. The summed E-state index contributed by atoms with van der Waals surface area (Å²) in [4.78, 5) is -0.934. The Kier molecular flexibility index (Phi) is 5.10. The molecular weight excluding hydrogens is 367 g/mol. The van der Waals surface area contributed by atoms with Crippen LogP contribution in [0.5, 0.6) is 0 Å². The van der Waals surface area contributed by atoms with Gasteiger partial charge in [0.2, 0.25) is 10.0 Å². The monoisotopic (exact) mass is 381 g/mol. The molecule has 1 heterocycles. The van der Waals surface area contributed by atoms with Gasteiger partial charge in [-0.05, 0) is 36.2 Å². The molecule has 0 radical (unpaired) electrons. The van der Waals surface area contributed by atoms with E-state index in [1.165, 1.54) is 0 Å². The Morgan fingerprint density at radius 3 is 2.46 bits per heavy atom. The van der Waals surface area contributed by atoms with Crippen molar-refractivity contribution < 1.29 is 21.6 Å². The van der Waals surface area contributed by atoms with Gasteiger partial charge in [0.25, 0.3) is 0 Å². The van der Waals surface area contributed by atoms with E-state index in [1.54, 1.807) is 17.1 Å². The maximum absolute atomic E-state index is 13.7. The number of nitrogens with one attached hydrogen (secondary N) is 1. The number of benzene rings is 2. The van der Waals surface area contributed by atoms with Crippen LogP contribution in [0.2, 0.25) is 0 Å². The van der Waals surface area contributed by atoms with Gasteiger partial charge in [0, 0.05) is 12.7 Å². The van der Waals surface area contributed by atoms with E-state index in [9.17, 15) is 21.6 Å². The van der Waals surface area contributed by atoms with Gasteiger partial charge in [-0.25, -0.2) is 31.0 Å². The van der Waals surface area contributed by atoms with Crippen LogP contribution >= 0.6 is 0 Å². The van der Waals surface area contributed by atoms with Gasteiger partial charge in [-0.15, -0.1) is 0 Å². The highest BCUT2D eigenvalue weighted by Crippen LogP contribution is 2.19. The fourth-order valence-corrected chi connectivity index (χ4v) is 3.43. The molecule has 0 aliphatic heterocycles. The molecule has 0 aliphatic rings. The Labute approximate surface area is 148 Å². The minimum absolute atomic E-state index is 0.0543. The van der Waals surface area contributed by atoms with Crippen molar-refractivity contribution in [2.24, 2.45) is 0 Å². The number of nitrogens with zero attached hydrogens (tertiary/aromatic N) is 2. The summed E-state index contributed by atoms with van der Waals surface area (Å²) in [5.74, 6) is -5.01. The van der Waals surface area contributed by atoms with Crippen LogP contribution in [0.1, 0.15) is 5.56 Å². The summed E-state index contributed by atoms with van der Waals surface area (Å²) in [5.41, 5.74) is 1.60. The first-order valence-electron chi connectivity index (χ1n) is 7.60. The number of hydrogen-bond donors (Lipinski definition) is 1. The van der Waals surface area contributed by atoms with Crippen LogP contribution in [-0.2, 0) is 16.4 Å². The summed E-state index contributed by atoms with van der Waals surface area (Å²) < 4.78 is 67.7. The highest BCUT2D eigenvalue weighted by atomic mass is 32.2. The first kappa shape index (κ1) is 18.2. The lowest BCUT2D eigenvalue weighted by Crippen LogP contribution is -2.27. The van der Waals surface area contributed by atoms with Gasteiger partial charge in [0.1, 0.15) is 4.90 Å². The van der Waals surface area contributed by atoms with Crippen molar-refractivity contribution in [3.63, 3.8) is 0 Å². The lowest BCUT2D eigenvalue weighted by molar-refractivity contribution is 0.431. The molecule has 0 atom stereocenters. The molecule has 136 valence electrons. The summed E-state index contributed by atoms with van der Waals surface area (Å²) in [5, 5.41) is 4.18. The van der Waals surface area contributed by atoms with E-state index < -0.39 is 32.4 Å². The second kappa shape index (κ2) is 7.30. The smallest absolute Gasteiger partial charge is 0.241 e. The molecule has 3 aromatic rings. The molecule has 0 amide bonds. The van der Waals surface area contributed by atoms with Crippen molar-refractivity contribution in [2.75, 3.05) is 6.54 Å². The van der Waals surface area contributed by atoms with Gasteiger partial charge >= 0.3 is 0 Å². The third-order valence-electron chi connectivity index (χ3n) is 3.65. The molecule has 9 heteroatoms. The van der Waals surface area contributed by atoms with E-state index in [0.29, 0.717) is 12.1 Å². The molecule has 0 saturated heterocycles. The molecule has 3 rings (SSSR count). The standard InChI is InChI=1S/C17H14F3N3O2S/c18-14-6-7-15(17(20)16(14)19)26(24,25)22-9-8-12-10-21-23(11-12)13-4-2-1-3-5-13/h1-7,10-11,22H,8-9H2. The van der Waals surface area contributed by atoms with Gasteiger partial charge in [0.15, 0.2) is 17.5 Å². The molecule has 1 aromatic heterocycles. The largest absolute Gasteiger partial charge is 0.243 e. The molecule has 5 nitrogen and oxygen atoms in total. The molecule has 0 spiro atoms. The summed E-state index contributed by atoms with van der Waals surface area (Å²) in [6, 6.07) is 10.6. The quantitative estimate of drug-likeness (QED) is 0.668. The number of sulfonamides is 1. The van der Waals surface area contributed by atoms with Gasteiger partial charge in [-0.1, -0.05) is 18.2 Å². The number of para-hydroxylation sites is 1. The van der Waals surface area contributed by atoms with Crippen LogP contribution < -0.4 is 4.72 Å². The van der Waals surface area contributed by atoms with Crippen LogP contribution in [0.25, 0.3) is 5.69 Å². The Balaban J connectivity index is 1.66. The number of aromatic nitrogens is 2. The zero-order chi connectivity index (χ0) is 18.7. The Morgan fingerprint density at radius 2 is 1.73 bits per heavy atom. The average molecular weight is 381 g/mol. The van der Waals surface area contributed by atoms with Crippen molar-refractivity contribution in [1.29, 1.82) is 0 Å². The van der Waals surface area contributed by atoms with E-state index in [0.717, 1.165) is 11.3 Å². The number of halogens is 3. The minimum atomic E-state index is -4.30. The van der Waals surface area contributed by atoms with E-state index in [4.69, 9.17) is 0 Å². The van der Waals surface area contributed by atoms with E-state index in [2.05, 4.69) is 9.82 Å². The maximum Gasteiger partial charge on any atom is 0.243 e. The molecule has 0 bridgehead atoms. The van der Waals surface area contributed by atoms with Gasteiger partial charge in [-0.2, -0.15) is 5.10 Å². The van der Waals surface area contributed by atoms with Crippen LogP contribution in [0, 0.1) is 17.5 Å². The van der Waals surface area contributed by atoms with Crippen molar-refractivity contribution in [3.8, 4) is 5.69 Å². The molecule has 26 heavy (non-hydrogen) atoms. The fourth-order valence-electron chi connectivity index (χ4n) is 2.33. The van der Waals surface area contributed by atoms with Crippen molar-refractivity contribution in [3.05, 3.63) is 77.9 Å². The first-order valence-corrected chi connectivity index (χ1v) is 9.09. The molecule has 0 saturated carbocycles. The van der Waals surface area contributed by atoms with Gasteiger partial charge in [-0.3, -0.25) is 0 Å².